The molecule has 8 nitrogen and oxygen atoms in total. The maximum absolute atomic E-state index is 12.8. The van der Waals surface area contributed by atoms with Gasteiger partial charge in [0.15, 0.2) is 5.82 Å². The Hall–Kier alpha value is -3.65. The Labute approximate surface area is 240 Å². The number of halogens is 1. The van der Waals surface area contributed by atoms with Gasteiger partial charge < -0.3 is 21.3 Å². The van der Waals surface area contributed by atoms with Crippen LogP contribution in [0.2, 0.25) is 5.02 Å². The molecule has 0 unspecified atom stereocenters. The first kappa shape index (κ1) is 27.9. The minimum Gasteiger partial charge on any atom is -0.349 e. The fourth-order valence-corrected chi connectivity index (χ4v) is 5.27. The van der Waals surface area contributed by atoms with Crippen molar-refractivity contribution in [3.8, 4) is 0 Å². The summed E-state index contributed by atoms with van der Waals surface area (Å²) in [4.78, 5) is 34.0. The quantitative estimate of drug-likeness (QED) is 0.230. The number of amides is 2. The normalized spacial score (nSPS) is 19.0. The Morgan fingerprint density at radius 3 is 2.20 bits per heavy atom. The van der Waals surface area contributed by atoms with E-state index in [0.29, 0.717) is 45.1 Å². The van der Waals surface area contributed by atoms with E-state index in [1.807, 2.05) is 36.4 Å². The lowest BCUT2D eigenvalue weighted by atomic mass is 9.71. The molecule has 4 N–H and O–H groups in total. The number of carbonyl (C=O) groups excluding carboxylic acids is 2. The lowest BCUT2D eigenvalue weighted by molar-refractivity contribution is -0.117. The summed E-state index contributed by atoms with van der Waals surface area (Å²) in [6.07, 6.45) is 7.72. The molecule has 0 radical (unpaired) electrons. The fourth-order valence-electron chi connectivity index (χ4n) is 5.13. The van der Waals surface area contributed by atoms with E-state index in [-0.39, 0.29) is 23.8 Å². The summed E-state index contributed by atoms with van der Waals surface area (Å²) < 4.78 is 0. The monoisotopic (exact) mass is 560 g/mol. The van der Waals surface area contributed by atoms with E-state index in [1.165, 1.54) is 6.20 Å². The minimum atomic E-state index is -0.0487. The second-order valence-corrected chi connectivity index (χ2v) is 12.3. The Bertz CT molecular complexity index is 1360. The summed E-state index contributed by atoms with van der Waals surface area (Å²) in [5.41, 5.74) is 3.03. The molecule has 2 amide bonds. The van der Waals surface area contributed by atoms with Crippen molar-refractivity contribution in [3.05, 3.63) is 65.3 Å². The molecule has 0 bridgehead atoms. The zero-order valence-electron chi connectivity index (χ0n) is 23.3. The average Bonchev–Trinajstić information content (AvgIpc) is 3.78. The van der Waals surface area contributed by atoms with Gasteiger partial charge in [-0.2, -0.15) is 4.98 Å². The second-order valence-electron chi connectivity index (χ2n) is 11.9. The highest BCUT2D eigenvalue weighted by molar-refractivity contribution is 6.33. The maximum Gasteiger partial charge on any atom is 0.251 e. The van der Waals surface area contributed by atoms with Crippen LogP contribution in [0.4, 0.5) is 28.8 Å². The largest absolute Gasteiger partial charge is 0.349 e. The number of anilines is 5. The first-order chi connectivity index (χ1) is 19.2. The number of benzene rings is 2. The molecule has 0 atom stereocenters. The zero-order valence-corrected chi connectivity index (χ0v) is 24.0. The summed E-state index contributed by atoms with van der Waals surface area (Å²) in [6.45, 7) is 6.90. The maximum atomic E-state index is 12.8. The molecular weight excluding hydrogens is 524 g/mol. The van der Waals surface area contributed by atoms with Crippen molar-refractivity contribution in [1.29, 1.82) is 0 Å². The van der Waals surface area contributed by atoms with Crippen molar-refractivity contribution in [3.63, 3.8) is 0 Å². The predicted octanol–water partition coefficient (Wildman–Crippen LogP) is 7.30. The van der Waals surface area contributed by atoms with E-state index in [1.54, 1.807) is 12.1 Å². The van der Waals surface area contributed by atoms with Gasteiger partial charge in [0.1, 0.15) is 5.02 Å². The van der Waals surface area contributed by atoms with Crippen molar-refractivity contribution in [2.24, 2.45) is 17.3 Å². The van der Waals surface area contributed by atoms with Crippen molar-refractivity contribution in [2.75, 3.05) is 16.0 Å². The third-order valence-corrected chi connectivity index (χ3v) is 8.10. The van der Waals surface area contributed by atoms with E-state index in [9.17, 15) is 9.59 Å². The highest BCUT2D eigenvalue weighted by Crippen LogP contribution is 2.38. The van der Waals surface area contributed by atoms with Gasteiger partial charge in [0, 0.05) is 23.2 Å². The molecule has 2 saturated carbocycles. The van der Waals surface area contributed by atoms with Crippen LogP contribution in [0.5, 0.6) is 0 Å². The molecule has 0 aliphatic heterocycles. The van der Waals surface area contributed by atoms with Crippen molar-refractivity contribution >= 4 is 52.2 Å². The van der Waals surface area contributed by atoms with Crippen LogP contribution in [-0.2, 0) is 4.79 Å². The smallest absolute Gasteiger partial charge is 0.251 e. The molecule has 2 aromatic carbocycles. The van der Waals surface area contributed by atoms with Crippen LogP contribution in [0.25, 0.3) is 0 Å². The number of rotatable bonds is 8. The average molecular weight is 561 g/mol. The molecule has 5 rings (SSSR count). The van der Waals surface area contributed by atoms with Crippen LogP contribution in [0, 0.1) is 17.3 Å². The Kier molecular flexibility index (Phi) is 8.26. The van der Waals surface area contributed by atoms with Gasteiger partial charge in [-0.05, 0) is 86.3 Å². The number of aromatic nitrogens is 2. The van der Waals surface area contributed by atoms with Crippen molar-refractivity contribution < 1.29 is 9.59 Å². The van der Waals surface area contributed by atoms with Gasteiger partial charge in [0.2, 0.25) is 11.9 Å². The molecule has 210 valence electrons. The van der Waals surface area contributed by atoms with E-state index in [4.69, 9.17) is 11.6 Å². The molecule has 2 aliphatic carbocycles. The van der Waals surface area contributed by atoms with Gasteiger partial charge in [-0.1, -0.05) is 44.5 Å². The topological polar surface area (TPSA) is 108 Å². The van der Waals surface area contributed by atoms with Gasteiger partial charge in [-0.15, -0.1) is 0 Å². The Morgan fingerprint density at radius 2 is 1.55 bits per heavy atom. The van der Waals surface area contributed by atoms with Crippen molar-refractivity contribution in [1.82, 2.24) is 15.3 Å². The van der Waals surface area contributed by atoms with E-state index < -0.39 is 0 Å². The molecule has 9 heteroatoms. The summed E-state index contributed by atoms with van der Waals surface area (Å²) >= 11 is 6.39. The standard InChI is InChI=1S/C31H37ClN6O2/c1-31(2,3)21-12-16-22(17-13-21)34-28(39)20-10-14-23(15-11-20)35-30-33-18-24(32)27(38-30)36-25-6-4-5-7-26(25)37-29(40)19-8-9-19/h4-7,10-11,14-15,18-19,21-22H,8-9,12-13,16-17H2,1-3H3,(H,34,39)(H,37,40)(H2,33,35,36,38). The lowest BCUT2D eigenvalue weighted by Crippen LogP contribution is -2.39. The molecule has 3 aromatic rings. The van der Waals surface area contributed by atoms with E-state index in [0.717, 1.165) is 44.2 Å². The highest BCUT2D eigenvalue weighted by Gasteiger charge is 2.31. The summed E-state index contributed by atoms with van der Waals surface area (Å²) in [7, 11) is 0. The summed E-state index contributed by atoms with van der Waals surface area (Å²) in [6, 6.07) is 14.9. The fraction of sp³-hybridized carbons (Fsp3) is 0.419. The molecule has 40 heavy (non-hydrogen) atoms. The Balaban J connectivity index is 1.19. The summed E-state index contributed by atoms with van der Waals surface area (Å²) in [5, 5.41) is 12.9. The van der Waals surface area contributed by atoms with E-state index >= 15 is 0 Å². The van der Waals surface area contributed by atoms with Crippen LogP contribution in [0.1, 0.15) is 69.7 Å². The van der Waals surface area contributed by atoms with Gasteiger partial charge >= 0.3 is 0 Å². The summed E-state index contributed by atoms with van der Waals surface area (Å²) in [5.74, 6) is 1.53. The van der Waals surface area contributed by atoms with Crippen LogP contribution in [0.15, 0.2) is 54.7 Å². The van der Waals surface area contributed by atoms with Gasteiger partial charge in [0.05, 0.1) is 17.6 Å². The predicted molar refractivity (Wildman–Crippen MR) is 161 cm³/mol. The number of para-hydroxylation sites is 2. The van der Waals surface area contributed by atoms with Crippen LogP contribution >= 0.6 is 11.6 Å². The lowest BCUT2D eigenvalue weighted by Gasteiger charge is -2.37. The zero-order chi connectivity index (χ0) is 28.3. The molecule has 1 aromatic heterocycles. The van der Waals surface area contributed by atoms with Gasteiger partial charge in [-0.3, -0.25) is 9.59 Å². The number of hydrogen-bond acceptors (Lipinski definition) is 6. The minimum absolute atomic E-state index is 0.0236. The third-order valence-electron chi connectivity index (χ3n) is 7.82. The number of nitrogens with zero attached hydrogens (tertiary/aromatic N) is 2. The molecule has 2 fully saturated rings. The SMILES string of the molecule is CC(C)(C)C1CCC(NC(=O)c2ccc(Nc3ncc(Cl)c(Nc4ccccc4NC(=O)C4CC4)n3)cc2)CC1. The number of carbonyl (C=O) groups is 2. The number of hydrogen-bond donors (Lipinski definition) is 4. The van der Waals surface area contributed by atoms with Gasteiger partial charge in [-0.25, -0.2) is 4.98 Å². The van der Waals surface area contributed by atoms with Crippen LogP contribution in [0.3, 0.4) is 0 Å². The first-order valence-electron chi connectivity index (χ1n) is 14.0. The molecule has 1 heterocycles. The third kappa shape index (κ3) is 7.10. The van der Waals surface area contributed by atoms with E-state index in [2.05, 4.69) is 52.0 Å². The highest BCUT2D eigenvalue weighted by atomic mass is 35.5. The molecule has 0 spiro atoms. The Morgan fingerprint density at radius 1 is 0.875 bits per heavy atom. The number of nitrogens with one attached hydrogen (secondary N) is 4. The van der Waals surface area contributed by atoms with Crippen LogP contribution in [-0.4, -0.2) is 27.8 Å². The molecular formula is C31H37ClN6O2. The van der Waals surface area contributed by atoms with Crippen LogP contribution < -0.4 is 21.3 Å². The molecule has 0 saturated heterocycles. The van der Waals surface area contributed by atoms with Gasteiger partial charge in [0.25, 0.3) is 5.91 Å². The van der Waals surface area contributed by atoms with Crippen molar-refractivity contribution in [2.45, 2.75) is 65.3 Å². The molecule has 2 aliphatic rings. The first-order valence-corrected chi connectivity index (χ1v) is 14.4. The second kappa shape index (κ2) is 11.8.